The number of halogens is 2. The molecule has 0 bridgehead atoms. The SMILES string of the molecule is CCc1ccc(/C=N/Nc2nc(-c3ccc(Cl)cc3Cl)cs2)cc1. The van der Waals surface area contributed by atoms with Crippen LogP contribution in [-0.4, -0.2) is 11.2 Å². The number of rotatable bonds is 5. The van der Waals surface area contributed by atoms with Crippen molar-refractivity contribution in [3.8, 4) is 11.3 Å². The Labute approximate surface area is 155 Å². The lowest BCUT2D eigenvalue weighted by Crippen LogP contribution is -1.91. The van der Waals surface area contributed by atoms with Gasteiger partial charge in [-0.1, -0.05) is 54.4 Å². The van der Waals surface area contributed by atoms with Gasteiger partial charge in [0, 0.05) is 16.0 Å². The molecule has 0 fully saturated rings. The van der Waals surface area contributed by atoms with Crippen molar-refractivity contribution in [2.24, 2.45) is 5.10 Å². The fraction of sp³-hybridized carbons (Fsp3) is 0.111. The van der Waals surface area contributed by atoms with Gasteiger partial charge in [0.05, 0.1) is 16.9 Å². The van der Waals surface area contributed by atoms with E-state index in [1.165, 1.54) is 16.9 Å². The van der Waals surface area contributed by atoms with Crippen LogP contribution in [0.3, 0.4) is 0 Å². The number of thiazole rings is 1. The molecule has 3 nitrogen and oxygen atoms in total. The van der Waals surface area contributed by atoms with E-state index in [1.807, 2.05) is 23.6 Å². The Bertz CT molecular complexity index is 857. The van der Waals surface area contributed by atoms with Crippen molar-refractivity contribution in [3.05, 3.63) is 69.0 Å². The van der Waals surface area contributed by atoms with Crippen molar-refractivity contribution in [1.82, 2.24) is 4.98 Å². The largest absolute Gasteiger partial charge is 0.253 e. The first-order valence-electron chi connectivity index (χ1n) is 7.44. The van der Waals surface area contributed by atoms with Gasteiger partial charge < -0.3 is 0 Å². The maximum Gasteiger partial charge on any atom is 0.203 e. The highest BCUT2D eigenvalue weighted by molar-refractivity contribution is 7.14. The van der Waals surface area contributed by atoms with E-state index in [1.54, 1.807) is 18.3 Å². The van der Waals surface area contributed by atoms with E-state index in [2.05, 4.69) is 34.6 Å². The molecule has 2 aromatic carbocycles. The number of anilines is 1. The summed E-state index contributed by atoms with van der Waals surface area (Å²) >= 11 is 13.6. The number of benzene rings is 2. The van der Waals surface area contributed by atoms with Gasteiger partial charge in [-0.25, -0.2) is 4.98 Å². The van der Waals surface area contributed by atoms with E-state index in [4.69, 9.17) is 23.2 Å². The second-order valence-electron chi connectivity index (χ2n) is 5.13. The van der Waals surface area contributed by atoms with Gasteiger partial charge in [-0.2, -0.15) is 5.10 Å². The van der Waals surface area contributed by atoms with Gasteiger partial charge in [0.25, 0.3) is 0 Å². The summed E-state index contributed by atoms with van der Waals surface area (Å²) in [7, 11) is 0. The second-order valence-corrected chi connectivity index (χ2v) is 6.83. The normalized spacial score (nSPS) is 11.1. The highest BCUT2D eigenvalue weighted by Gasteiger charge is 2.08. The maximum absolute atomic E-state index is 6.21. The zero-order chi connectivity index (χ0) is 16.9. The molecular weight excluding hydrogens is 361 g/mol. The van der Waals surface area contributed by atoms with Crippen LogP contribution < -0.4 is 5.43 Å². The van der Waals surface area contributed by atoms with Crippen LogP contribution >= 0.6 is 34.5 Å². The fourth-order valence-electron chi connectivity index (χ4n) is 2.15. The van der Waals surface area contributed by atoms with E-state index in [0.29, 0.717) is 15.2 Å². The van der Waals surface area contributed by atoms with Gasteiger partial charge in [0.15, 0.2) is 0 Å². The highest BCUT2D eigenvalue weighted by atomic mass is 35.5. The van der Waals surface area contributed by atoms with Crippen LogP contribution in [-0.2, 0) is 6.42 Å². The summed E-state index contributed by atoms with van der Waals surface area (Å²) in [4.78, 5) is 4.50. The molecule has 24 heavy (non-hydrogen) atoms. The molecule has 0 spiro atoms. The summed E-state index contributed by atoms with van der Waals surface area (Å²) in [6, 6.07) is 13.7. The third-order valence-electron chi connectivity index (χ3n) is 3.47. The van der Waals surface area contributed by atoms with Gasteiger partial charge in [0.1, 0.15) is 0 Å². The first kappa shape index (κ1) is 17.0. The predicted molar refractivity (Wildman–Crippen MR) is 105 cm³/mol. The van der Waals surface area contributed by atoms with Crippen LogP contribution in [0.5, 0.6) is 0 Å². The van der Waals surface area contributed by atoms with Crippen LogP contribution in [0.4, 0.5) is 5.13 Å². The molecule has 1 heterocycles. The Balaban J connectivity index is 1.68. The summed E-state index contributed by atoms with van der Waals surface area (Å²) in [6.07, 6.45) is 2.81. The van der Waals surface area contributed by atoms with E-state index >= 15 is 0 Å². The van der Waals surface area contributed by atoms with E-state index in [0.717, 1.165) is 23.2 Å². The second kappa shape index (κ2) is 7.79. The first-order chi connectivity index (χ1) is 11.7. The zero-order valence-electron chi connectivity index (χ0n) is 13.0. The molecule has 0 aliphatic rings. The monoisotopic (exact) mass is 375 g/mol. The summed E-state index contributed by atoms with van der Waals surface area (Å²) in [5.41, 5.74) is 6.95. The van der Waals surface area contributed by atoms with Crippen molar-refractivity contribution in [2.75, 3.05) is 5.43 Å². The van der Waals surface area contributed by atoms with Gasteiger partial charge in [0.2, 0.25) is 5.13 Å². The molecular formula is C18H15Cl2N3S. The predicted octanol–water partition coefficient (Wildman–Crippen LogP) is 6.13. The Morgan fingerprint density at radius 2 is 1.96 bits per heavy atom. The third kappa shape index (κ3) is 4.15. The van der Waals surface area contributed by atoms with E-state index in [9.17, 15) is 0 Å². The van der Waals surface area contributed by atoms with Gasteiger partial charge in [-0.15, -0.1) is 11.3 Å². The number of hydrogen-bond acceptors (Lipinski definition) is 4. The Morgan fingerprint density at radius 1 is 1.17 bits per heavy atom. The average molecular weight is 376 g/mol. The van der Waals surface area contributed by atoms with Crippen molar-refractivity contribution >= 4 is 45.9 Å². The minimum Gasteiger partial charge on any atom is -0.253 e. The third-order valence-corrected chi connectivity index (χ3v) is 4.77. The maximum atomic E-state index is 6.21. The Morgan fingerprint density at radius 3 is 2.67 bits per heavy atom. The number of hydrogen-bond donors (Lipinski definition) is 1. The van der Waals surface area contributed by atoms with Crippen molar-refractivity contribution < 1.29 is 0 Å². The molecule has 0 aliphatic heterocycles. The van der Waals surface area contributed by atoms with Crippen molar-refractivity contribution in [2.45, 2.75) is 13.3 Å². The van der Waals surface area contributed by atoms with E-state index < -0.39 is 0 Å². The molecule has 1 N–H and O–H groups in total. The summed E-state index contributed by atoms with van der Waals surface area (Å²) in [6.45, 7) is 2.14. The standard InChI is InChI=1S/C18H15Cl2N3S/c1-2-12-3-5-13(6-4-12)10-21-23-18-22-17(11-24-18)15-8-7-14(19)9-16(15)20/h3-11H,2H2,1H3,(H,22,23)/b21-10+. The highest BCUT2D eigenvalue weighted by Crippen LogP contribution is 2.32. The number of nitrogens with zero attached hydrogens (tertiary/aromatic N) is 2. The molecule has 0 amide bonds. The molecule has 0 aliphatic carbocycles. The lowest BCUT2D eigenvalue weighted by Gasteiger charge is -2.00. The Kier molecular flexibility index (Phi) is 5.51. The van der Waals surface area contributed by atoms with Crippen LogP contribution in [0.25, 0.3) is 11.3 Å². The van der Waals surface area contributed by atoms with Gasteiger partial charge in [-0.05, 0) is 35.7 Å². The first-order valence-corrected chi connectivity index (χ1v) is 9.08. The number of hydrazone groups is 1. The molecule has 0 atom stereocenters. The van der Waals surface area contributed by atoms with Gasteiger partial charge in [-0.3, -0.25) is 5.43 Å². The molecule has 122 valence electrons. The smallest absolute Gasteiger partial charge is 0.203 e. The van der Waals surface area contributed by atoms with Crippen LogP contribution in [0.15, 0.2) is 52.9 Å². The molecule has 6 heteroatoms. The van der Waals surface area contributed by atoms with Crippen molar-refractivity contribution in [3.63, 3.8) is 0 Å². The summed E-state index contributed by atoms with van der Waals surface area (Å²) in [5, 5.41) is 8.06. The molecule has 0 saturated carbocycles. The molecule has 3 aromatic rings. The lowest BCUT2D eigenvalue weighted by atomic mass is 10.1. The quantitative estimate of drug-likeness (QED) is 0.430. The molecule has 3 rings (SSSR count). The van der Waals surface area contributed by atoms with E-state index in [-0.39, 0.29) is 0 Å². The molecule has 0 saturated heterocycles. The summed E-state index contributed by atoms with van der Waals surface area (Å²) < 4.78 is 0. The van der Waals surface area contributed by atoms with Crippen LogP contribution in [0.1, 0.15) is 18.1 Å². The zero-order valence-corrected chi connectivity index (χ0v) is 15.3. The number of aromatic nitrogens is 1. The van der Waals surface area contributed by atoms with Crippen LogP contribution in [0, 0.1) is 0 Å². The average Bonchev–Trinajstić information content (AvgIpc) is 3.04. The van der Waals surface area contributed by atoms with Crippen molar-refractivity contribution in [1.29, 1.82) is 0 Å². The number of nitrogens with one attached hydrogen (secondary N) is 1. The van der Waals surface area contributed by atoms with Crippen LogP contribution in [0.2, 0.25) is 10.0 Å². The minimum atomic E-state index is 0.582. The fourth-order valence-corrected chi connectivity index (χ4v) is 3.31. The number of aryl methyl sites for hydroxylation is 1. The Hall–Kier alpha value is -1.88. The molecule has 1 aromatic heterocycles. The minimum absolute atomic E-state index is 0.582. The topological polar surface area (TPSA) is 37.3 Å². The van der Waals surface area contributed by atoms with Gasteiger partial charge >= 0.3 is 0 Å². The molecule has 0 unspecified atom stereocenters. The summed E-state index contributed by atoms with van der Waals surface area (Å²) in [5.74, 6) is 0. The lowest BCUT2D eigenvalue weighted by molar-refractivity contribution is 1.14. The molecule has 0 radical (unpaired) electrons.